The minimum absolute atomic E-state index is 0.458. The summed E-state index contributed by atoms with van der Waals surface area (Å²) in [6.45, 7) is 1.39. The second kappa shape index (κ2) is 4.47. The standard InChI is InChI=1S/C11H15ClN2O/c12-10-3-2-9(7-14-10)6-13-8-11(15)4-1-5-11/h2-3,7,13,15H,1,4-6,8H2. The van der Waals surface area contributed by atoms with Crippen molar-refractivity contribution in [2.24, 2.45) is 0 Å². The van der Waals surface area contributed by atoms with Gasteiger partial charge in [-0.1, -0.05) is 17.7 Å². The van der Waals surface area contributed by atoms with Gasteiger partial charge in [0.05, 0.1) is 5.60 Å². The maximum Gasteiger partial charge on any atom is 0.129 e. The number of hydrogen-bond donors (Lipinski definition) is 2. The minimum atomic E-state index is -0.458. The van der Waals surface area contributed by atoms with E-state index in [1.807, 2.05) is 6.07 Å². The summed E-state index contributed by atoms with van der Waals surface area (Å²) in [7, 11) is 0. The van der Waals surface area contributed by atoms with Crippen LogP contribution < -0.4 is 5.32 Å². The van der Waals surface area contributed by atoms with E-state index in [0.29, 0.717) is 11.7 Å². The van der Waals surface area contributed by atoms with Gasteiger partial charge in [-0.05, 0) is 30.9 Å². The van der Waals surface area contributed by atoms with Crippen molar-refractivity contribution in [3.8, 4) is 0 Å². The summed E-state index contributed by atoms with van der Waals surface area (Å²) in [5.41, 5.74) is 0.627. The highest BCUT2D eigenvalue weighted by molar-refractivity contribution is 6.29. The molecule has 0 saturated heterocycles. The largest absolute Gasteiger partial charge is 0.389 e. The molecule has 0 unspecified atom stereocenters. The van der Waals surface area contributed by atoms with Gasteiger partial charge in [-0.2, -0.15) is 0 Å². The van der Waals surface area contributed by atoms with Crippen LogP contribution in [0.25, 0.3) is 0 Å². The zero-order chi connectivity index (χ0) is 10.7. The maximum absolute atomic E-state index is 9.83. The minimum Gasteiger partial charge on any atom is -0.389 e. The van der Waals surface area contributed by atoms with Crippen molar-refractivity contribution in [3.63, 3.8) is 0 Å². The SMILES string of the molecule is OC1(CNCc2ccc(Cl)nc2)CCC1. The average Bonchev–Trinajstić information content (AvgIpc) is 2.19. The third-order valence-electron chi connectivity index (χ3n) is 2.86. The van der Waals surface area contributed by atoms with Gasteiger partial charge < -0.3 is 10.4 Å². The van der Waals surface area contributed by atoms with Crippen LogP contribution in [-0.2, 0) is 6.54 Å². The van der Waals surface area contributed by atoms with Crippen LogP contribution in [-0.4, -0.2) is 22.2 Å². The van der Waals surface area contributed by atoms with E-state index in [9.17, 15) is 5.11 Å². The van der Waals surface area contributed by atoms with Gasteiger partial charge in [-0.25, -0.2) is 4.98 Å². The van der Waals surface area contributed by atoms with Crippen molar-refractivity contribution in [1.29, 1.82) is 0 Å². The smallest absolute Gasteiger partial charge is 0.129 e. The van der Waals surface area contributed by atoms with Crippen molar-refractivity contribution in [1.82, 2.24) is 10.3 Å². The van der Waals surface area contributed by atoms with Crippen molar-refractivity contribution in [2.45, 2.75) is 31.4 Å². The molecular weight excluding hydrogens is 212 g/mol. The Morgan fingerprint density at radius 1 is 1.47 bits per heavy atom. The number of nitrogens with zero attached hydrogens (tertiary/aromatic N) is 1. The Labute approximate surface area is 94.5 Å². The van der Waals surface area contributed by atoms with Crippen LogP contribution in [0.2, 0.25) is 5.15 Å². The molecule has 0 spiro atoms. The fourth-order valence-corrected chi connectivity index (χ4v) is 1.82. The number of nitrogens with one attached hydrogen (secondary N) is 1. The van der Waals surface area contributed by atoms with Gasteiger partial charge in [-0.15, -0.1) is 0 Å². The van der Waals surface area contributed by atoms with Crippen molar-refractivity contribution >= 4 is 11.6 Å². The molecular formula is C11H15ClN2O. The number of halogens is 1. The third-order valence-corrected chi connectivity index (χ3v) is 3.08. The van der Waals surface area contributed by atoms with Crippen LogP contribution >= 0.6 is 11.6 Å². The van der Waals surface area contributed by atoms with Gasteiger partial charge in [0, 0.05) is 19.3 Å². The molecule has 1 saturated carbocycles. The Kier molecular flexibility index (Phi) is 3.24. The second-order valence-corrected chi connectivity index (χ2v) is 4.56. The number of hydrogen-bond acceptors (Lipinski definition) is 3. The topological polar surface area (TPSA) is 45.1 Å². The van der Waals surface area contributed by atoms with Gasteiger partial charge in [0.2, 0.25) is 0 Å². The highest BCUT2D eigenvalue weighted by atomic mass is 35.5. The van der Waals surface area contributed by atoms with Crippen LogP contribution in [0.1, 0.15) is 24.8 Å². The van der Waals surface area contributed by atoms with Crippen LogP contribution in [0.3, 0.4) is 0 Å². The van der Waals surface area contributed by atoms with E-state index in [-0.39, 0.29) is 0 Å². The first-order valence-corrected chi connectivity index (χ1v) is 5.59. The van der Waals surface area contributed by atoms with Gasteiger partial charge in [-0.3, -0.25) is 0 Å². The first kappa shape index (κ1) is 10.9. The van der Waals surface area contributed by atoms with Crippen LogP contribution in [0.15, 0.2) is 18.3 Å². The molecule has 0 amide bonds. The van der Waals surface area contributed by atoms with Gasteiger partial charge in [0.15, 0.2) is 0 Å². The number of aromatic nitrogens is 1. The Hall–Kier alpha value is -0.640. The van der Waals surface area contributed by atoms with E-state index in [0.717, 1.165) is 31.4 Å². The molecule has 2 rings (SSSR count). The molecule has 1 aliphatic rings. The molecule has 1 fully saturated rings. The second-order valence-electron chi connectivity index (χ2n) is 4.17. The summed E-state index contributed by atoms with van der Waals surface area (Å²) < 4.78 is 0. The zero-order valence-electron chi connectivity index (χ0n) is 8.54. The quantitative estimate of drug-likeness (QED) is 0.769. The molecule has 15 heavy (non-hydrogen) atoms. The van der Waals surface area contributed by atoms with E-state index in [4.69, 9.17) is 11.6 Å². The Morgan fingerprint density at radius 2 is 2.27 bits per heavy atom. The fraction of sp³-hybridized carbons (Fsp3) is 0.545. The normalized spacial score (nSPS) is 18.5. The molecule has 0 radical (unpaired) electrons. The van der Waals surface area contributed by atoms with Crippen LogP contribution in [0.4, 0.5) is 0 Å². The predicted molar refractivity (Wildman–Crippen MR) is 59.8 cm³/mol. The summed E-state index contributed by atoms with van der Waals surface area (Å²) in [5.74, 6) is 0. The van der Waals surface area contributed by atoms with Crippen LogP contribution in [0.5, 0.6) is 0 Å². The van der Waals surface area contributed by atoms with E-state index in [1.54, 1.807) is 12.3 Å². The Balaban J connectivity index is 1.76. The maximum atomic E-state index is 9.83. The van der Waals surface area contributed by atoms with E-state index in [1.165, 1.54) is 0 Å². The fourth-order valence-electron chi connectivity index (χ4n) is 1.71. The molecule has 82 valence electrons. The summed E-state index contributed by atoms with van der Waals surface area (Å²) in [5, 5.41) is 13.6. The van der Waals surface area contributed by atoms with Crippen LogP contribution in [0, 0.1) is 0 Å². The van der Waals surface area contributed by atoms with Gasteiger partial charge in [0.25, 0.3) is 0 Å². The summed E-state index contributed by atoms with van der Waals surface area (Å²) >= 11 is 5.68. The van der Waals surface area contributed by atoms with Crippen molar-refractivity contribution in [2.75, 3.05) is 6.54 Å². The molecule has 0 bridgehead atoms. The van der Waals surface area contributed by atoms with E-state index < -0.39 is 5.60 Å². The molecule has 1 aliphatic carbocycles. The molecule has 0 aliphatic heterocycles. The highest BCUT2D eigenvalue weighted by Crippen LogP contribution is 2.30. The van der Waals surface area contributed by atoms with E-state index >= 15 is 0 Å². The molecule has 1 heterocycles. The molecule has 2 N–H and O–H groups in total. The lowest BCUT2D eigenvalue weighted by molar-refractivity contribution is -0.0314. The highest BCUT2D eigenvalue weighted by Gasteiger charge is 2.33. The van der Waals surface area contributed by atoms with Crippen molar-refractivity contribution < 1.29 is 5.11 Å². The number of rotatable bonds is 4. The molecule has 1 aromatic rings. The molecule has 1 aromatic heterocycles. The lowest BCUT2D eigenvalue weighted by atomic mass is 9.80. The number of aliphatic hydroxyl groups is 1. The summed E-state index contributed by atoms with van der Waals surface area (Å²) in [6, 6.07) is 3.71. The first-order chi connectivity index (χ1) is 7.18. The molecule has 3 nitrogen and oxygen atoms in total. The first-order valence-electron chi connectivity index (χ1n) is 5.22. The van der Waals surface area contributed by atoms with Gasteiger partial charge >= 0.3 is 0 Å². The Morgan fingerprint density at radius 3 is 2.80 bits per heavy atom. The van der Waals surface area contributed by atoms with Gasteiger partial charge in [0.1, 0.15) is 5.15 Å². The molecule has 4 heteroatoms. The summed E-state index contributed by atoms with van der Waals surface area (Å²) in [6.07, 6.45) is 4.72. The summed E-state index contributed by atoms with van der Waals surface area (Å²) in [4.78, 5) is 3.99. The zero-order valence-corrected chi connectivity index (χ0v) is 9.30. The van der Waals surface area contributed by atoms with E-state index in [2.05, 4.69) is 10.3 Å². The van der Waals surface area contributed by atoms with Crippen molar-refractivity contribution in [3.05, 3.63) is 29.0 Å². The molecule has 0 atom stereocenters. The predicted octanol–water partition coefficient (Wildman–Crippen LogP) is 1.74. The number of pyridine rings is 1. The Bertz CT molecular complexity index is 322. The monoisotopic (exact) mass is 226 g/mol. The lowest BCUT2D eigenvalue weighted by Gasteiger charge is -2.36. The lowest BCUT2D eigenvalue weighted by Crippen LogP contribution is -2.45. The average molecular weight is 227 g/mol. The molecule has 0 aromatic carbocycles. The third kappa shape index (κ3) is 2.91.